The summed E-state index contributed by atoms with van der Waals surface area (Å²) in [5.41, 5.74) is 3.12. The van der Waals surface area contributed by atoms with E-state index in [0.29, 0.717) is 0 Å². The van der Waals surface area contributed by atoms with Gasteiger partial charge in [-0.2, -0.15) is 0 Å². The van der Waals surface area contributed by atoms with Crippen molar-refractivity contribution in [3.05, 3.63) is 44.1 Å². The van der Waals surface area contributed by atoms with E-state index in [1.165, 1.54) is 17.7 Å². The number of alkyl halides is 3. The largest absolute Gasteiger partial charge is 0.573 e. The monoisotopic (exact) mass is 756 g/mol. The van der Waals surface area contributed by atoms with E-state index in [4.69, 9.17) is 0 Å². The molecule has 0 amide bonds. The first kappa shape index (κ1) is 19.3. The van der Waals surface area contributed by atoms with E-state index in [0.717, 1.165) is 25.4 Å². The van der Waals surface area contributed by atoms with Crippen molar-refractivity contribution in [2.45, 2.75) is 13.3 Å². The maximum Gasteiger partial charge on any atom is 0.573 e. The van der Waals surface area contributed by atoms with Crippen molar-refractivity contribution in [3.8, 4) is 16.9 Å². The van der Waals surface area contributed by atoms with E-state index in [2.05, 4.69) is 49.9 Å². The molecule has 0 spiro atoms. The molecule has 0 aliphatic rings. The van der Waals surface area contributed by atoms with Gasteiger partial charge in [0.1, 0.15) is 5.75 Å². The van der Waals surface area contributed by atoms with Crippen molar-refractivity contribution < 1.29 is 17.9 Å². The number of hydrogen-bond donors (Lipinski definition) is 0. The van der Waals surface area contributed by atoms with Gasteiger partial charge in [-0.3, -0.25) is 0 Å². The highest BCUT2D eigenvalue weighted by Crippen LogP contribution is 2.37. The maximum atomic E-state index is 12.3. The van der Waals surface area contributed by atoms with Crippen molar-refractivity contribution >= 4 is 90.4 Å². The second-order valence-electron chi connectivity index (χ2n) is 4.37. The number of halogens is 7. The predicted octanol–water partition coefficient (Wildman–Crippen LogP) is 6.98. The van der Waals surface area contributed by atoms with Crippen molar-refractivity contribution in [3.63, 3.8) is 0 Å². The Balaban J connectivity index is 2.53. The van der Waals surface area contributed by atoms with Gasteiger partial charge in [0.2, 0.25) is 0 Å². The fourth-order valence-electron chi connectivity index (χ4n) is 1.81. The third-order valence-corrected chi connectivity index (χ3v) is 6.76. The van der Waals surface area contributed by atoms with Gasteiger partial charge in [0, 0.05) is 19.8 Å². The molecule has 2 aromatic rings. The van der Waals surface area contributed by atoms with Crippen LogP contribution in [0.1, 0.15) is 5.56 Å². The Hall–Kier alpha value is 0.950. The molecule has 1 nitrogen and oxygen atoms in total. The van der Waals surface area contributed by atoms with E-state index in [1.54, 1.807) is 0 Å². The molecule has 0 unspecified atom stereocenters. The summed E-state index contributed by atoms with van der Waals surface area (Å²) in [5, 5.41) is 0. The summed E-state index contributed by atoms with van der Waals surface area (Å²) in [6.07, 6.45) is -4.68. The molecule has 0 fully saturated rings. The van der Waals surface area contributed by atoms with Gasteiger partial charge in [0.05, 0.1) is 0 Å². The molecular weight excluding hydrogens is 749 g/mol. The van der Waals surface area contributed by atoms with Crippen LogP contribution < -0.4 is 4.74 Å². The van der Waals surface area contributed by atoms with Crippen LogP contribution in [0.5, 0.6) is 5.75 Å². The van der Waals surface area contributed by atoms with Crippen LogP contribution in [0.25, 0.3) is 11.1 Å². The third-order valence-electron chi connectivity index (χ3n) is 2.82. The number of benzene rings is 2. The average molecular weight is 756 g/mol. The van der Waals surface area contributed by atoms with E-state index in [9.17, 15) is 13.2 Å². The average Bonchev–Trinajstić information content (AvgIpc) is 2.32. The van der Waals surface area contributed by atoms with E-state index < -0.39 is 6.36 Å². The zero-order chi connectivity index (χ0) is 16.7. The molecule has 0 bridgehead atoms. The van der Waals surface area contributed by atoms with Gasteiger partial charge in [-0.05, 0) is 133 Å². The van der Waals surface area contributed by atoms with Gasteiger partial charge < -0.3 is 4.74 Å². The number of rotatable bonds is 2. The fourth-order valence-corrected chi connectivity index (χ4v) is 5.91. The molecule has 0 saturated carbocycles. The standard InChI is InChI=1S/C14H7F3I4O/c1-6-9(18)2-7(3-10(6)19)13-11(20)4-8(5-12(13)21)22-14(15,16)17/h2-5H,1H3. The lowest BCUT2D eigenvalue weighted by Gasteiger charge is -2.14. The lowest BCUT2D eigenvalue weighted by atomic mass is 10.0. The molecule has 2 rings (SSSR count). The van der Waals surface area contributed by atoms with Gasteiger partial charge in [-0.25, -0.2) is 0 Å². The Kier molecular flexibility index (Phi) is 6.53. The van der Waals surface area contributed by atoms with Crippen LogP contribution >= 0.6 is 90.4 Å². The van der Waals surface area contributed by atoms with Gasteiger partial charge in [-0.15, -0.1) is 13.2 Å². The van der Waals surface area contributed by atoms with E-state index >= 15 is 0 Å². The van der Waals surface area contributed by atoms with Gasteiger partial charge >= 0.3 is 6.36 Å². The molecular formula is C14H7F3I4O. The van der Waals surface area contributed by atoms with E-state index in [1.807, 2.05) is 64.2 Å². The molecule has 22 heavy (non-hydrogen) atoms. The molecule has 118 valence electrons. The van der Waals surface area contributed by atoms with E-state index in [-0.39, 0.29) is 5.75 Å². The Morgan fingerprint density at radius 2 is 1.27 bits per heavy atom. The highest BCUT2D eigenvalue weighted by molar-refractivity contribution is 14.1. The summed E-state index contributed by atoms with van der Waals surface area (Å²) in [6.45, 7) is 2.05. The van der Waals surface area contributed by atoms with Crippen molar-refractivity contribution in [1.82, 2.24) is 0 Å². The van der Waals surface area contributed by atoms with Crippen LogP contribution in [0.3, 0.4) is 0 Å². The molecule has 0 heterocycles. The van der Waals surface area contributed by atoms with Crippen LogP contribution in [0.2, 0.25) is 0 Å². The number of ether oxygens (including phenoxy) is 1. The fraction of sp³-hybridized carbons (Fsp3) is 0.143. The Labute approximate surface area is 180 Å². The Bertz CT molecular complexity index is 683. The van der Waals surface area contributed by atoms with Crippen LogP contribution in [0, 0.1) is 21.2 Å². The minimum atomic E-state index is -4.68. The predicted molar refractivity (Wildman–Crippen MR) is 114 cm³/mol. The van der Waals surface area contributed by atoms with Gasteiger partial charge in [0.15, 0.2) is 0 Å². The molecule has 0 atom stereocenters. The second-order valence-corrected chi connectivity index (χ2v) is 9.02. The third kappa shape index (κ3) is 4.74. The zero-order valence-electron chi connectivity index (χ0n) is 10.9. The van der Waals surface area contributed by atoms with Crippen molar-refractivity contribution in [1.29, 1.82) is 0 Å². The first-order valence-electron chi connectivity index (χ1n) is 5.79. The summed E-state index contributed by atoms with van der Waals surface area (Å²) in [6, 6.07) is 6.90. The lowest BCUT2D eigenvalue weighted by Crippen LogP contribution is -2.17. The Morgan fingerprint density at radius 3 is 1.68 bits per heavy atom. The summed E-state index contributed by atoms with van der Waals surface area (Å²) in [4.78, 5) is 0. The van der Waals surface area contributed by atoms with Crippen LogP contribution in [0.4, 0.5) is 13.2 Å². The first-order chi connectivity index (χ1) is 10.1. The molecule has 0 aliphatic heterocycles. The summed E-state index contributed by atoms with van der Waals surface area (Å²) in [7, 11) is 0. The molecule has 0 aromatic heterocycles. The SMILES string of the molecule is Cc1c(I)cc(-c2c(I)cc(OC(F)(F)F)cc2I)cc1I. The topological polar surface area (TPSA) is 9.23 Å². The summed E-state index contributed by atoms with van der Waals surface area (Å²) >= 11 is 8.62. The second kappa shape index (κ2) is 7.45. The molecule has 0 aliphatic carbocycles. The summed E-state index contributed by atoms with van der Waals surface area (Å²) < 4.78 is 44.8. The number of hydrogen-bond acceptors (Lipinski definition) is 1. The maximum absolute atomic E-state index is 12.3. The summed E-state index contributed by atoms with van der Waals surface area (Å²) in [5.74, 6) is -0.193. The van der Waals surface area contributed by atoms with Gasteiger partial charge in [-0.1, -0.05) is 0 Å². The normalized spacial score (nSPS) is 11.6. The Morgan fingerprint density at radius 1 is 0.818 bits per heavy atom. The minimum Gasteiger partial charge on any atom is -0.406 e. The highest BCUT2D eigenvalue weighted by atomic mass is 127. The zero-order valence-corrected chi connectivity index (χ0v) is 19.5. The first-order valence-corrected chi connectivity index (χ1v) is 10.1. The molecule has 8 heteroatoms. The van der Waals surface area contributed by atoms with Crippen LogP contribution in [-0.4, -0.2) is 6.36 Å². The molecule has 2 aromatic carbocycles. The highest BCUT2D eigenvalue weighted by Gasteiger charge is 2.31. The quantitative estimate of drug-likeness (QED) is 0.301. The van der Waals surface area contributed by atoms with Gasteiger partial charge in [0.25, 0.3) is 0 Å². The lowest BCUT2D eigenvalue weighted by molar-refractivity contribution is -0.274. The molecule has 0 radical (unpaired) electrons. The smallest absolute Gasteiger partial charge is 0.406 e. The van der Waals surface area contributed by atoms with Crippen LogP contribution in [-0.2, 0) is 0 Å². The van der Waals surface area contributed by atoms with Crippen LogP contribution in [0.15, 0.2) is 24.3 Å². The molecule has 0 saturated heterocycles. The van der Waals surface area contributed by atoms with Crippen molar-refractivity contribution in [2.75, 3.05) is 0 Å². The van der Waals surface area contributed by atoms with Crippen molar-refractivity contribution in [2.24, 2.45) is 0 Å². The minimum absolute atomic E-state index is 0.193. The molecule has 0 N–H and O–H groups in total.